The molecule has 0 unspecified atom stereocenters. The lowest BCUT2D eigenvalue weighted by molar-refractivity contribution is -0.123. The molecule has 3 N–H and O–H groups in total. The van der Waals surface area contributed by atoms with E-state index in [0.29, 0.717) is 24.5 Å². The van der Waals surface area contributed by atoms with Gasteiger partial charge in [0.1, 0.15) is 0 Å². The molecule has 2 rings (SSSR count). The summed E-state index contributed by atoms with van der Waals surface area (Å²) in [5.41, 5.74) is 6.58. The van der Waals surface area contributed by atoms with Crippen LogP contribution in [-0.2, 0) is 9.53 Å². The minimum Gasteiger partial charge on any atom is -0.377 e. The number of nitrogens with zero attached hydrogens (tertiary/aromatic N) is 1. The van der Waals surface area contributed by atoms with E-state index in [4.69, 9.17) is 15.7 Å². The molecule has 1 amide bonds. The number of benzene rings is 1. The van der Waals surface area contributed by atoms with Crippen molar-refractivity contribution in [2.24, 2.45) is 5.73 Å². The van der Waals surface area contributed by atoms with E-state index in [1.165, 1.54) is 0 Å². The highest BCUT2D eigenvalue weighted by molar-refractivity contribution is 5.91. The van der Waals surface area contributed by atoms with E-state index < -0.39 is 5.54 Å². The van der Waals surface area contributed by atoms with Gasteiger partial charge in [0.2, 0.25) is 5.91 Å². The summed E-state index contributed by atoms with van der Waals surface area (Å²) in [7, 11) is 0. The fourth-order valence-corrected chi connectivity index (χ4v) is 1.62. The Morgan fingerprint density at radius 1 is 1.47 bits per heavy atom. The van der Waals surface area contributed by atoms with Crippen LogP contribution in [0.2, 0.25) is 0 Å². The van der Waals surface area contributed by atoms with Gasteiger partial charge in [-0.3, -0.25) is 4.79 Å². The molecule has 0 bridgehead atoms. The average Bonchev–Trinajstić information content (AvgIpc) is 2.28. The van der Waals surface area contributed by atoms with Gasteiger partial charge in [-0.1, -0.05) is 0 Å². The largest absolute Gasteiger partial charge is 0.377 e. The lowest BCUT2D eigenvalue weighted by Gasteiger charge is -2.37. The van der Waals surface area contributed by atoms with Gasteiger partial charge in [0, 0.05) is 12.1 Å². The molecule has 1 aliphatic rings. The quantitative estimate of drug-likeness (QED) is 0.798. The SMILES string of the molecule is N#Cc1ccc(NC(=O)CC2(N)COC2)cc1. The first-order chi connectivity index (χ1) is 8.11. The van der Waals surface area contributed by atoms with Crippen LogP contribution in [0.1, 0.15) is 12.0 Å². The van der Waals surface area contributed by atoms with Gasteiger partial charge in [0.05, 0.1) is 30.4 Å². The molecule has 0 atom stereocenters. The summed E-state index contributed by atoms with van der Waals surface area (Å²) in [4.78, 5) is 11.7. The molecular weight excluding hydrogens is 218 g/mol. The van der Waals surface area contributed by atoms with E-state index in [0.717, 1.165) is 0 Å². The summed E-state index contributed by atoms with van der Waals surface area (Å²) in [5.74, 6) is -0.138. The second kappa shape index (κ2) is 4.53. The summed E-state index contributed by atoms with van der Waals surface area (Å²) < 4.78 is 4.98. The van der Waals surface area contributed by atoms with Crippen LogP contribution in [0.15, 0.2) is 24.3 Å². The van der Waals surface area contributed by atoms with Crippen molar-refractivity contribution in [2.75, 3.05) is 18.5 Å². The van der Waals surface area contributed by atoms with Gasteiger partial charge in [0.25, 0.3) is 0 Å². The van der Waals surface area contributed by atoms with Crippen LogP contribution in [-0.4, -0.2) is 24.7 Å². The minimum atomic E-state index is -0.517. The lowest BCUT2D eigenvalue weighted by atomic mass is 9.94. The number of carbonyl (C=O) groups is 1. The number of hydrogen-bond donors (Lipinski definition) is 2. The number of amides is 1. The topological polar surface area (TPSA) is 88.1 Å². The van der Waals surface area contributed by atoms with Crippen molar-refractivity contribution in [2.45, 2.75) is 12.0 Å². The van der Waals surface area contributed by atoms with E-state index in [9.17, 15) is 4.79 Å². The van der Waals surface area contributed by atoms with E-state index in [1.807, 2.05) is 6.07 Å². The fraction of sp³-hybridized carbons (Fsp3) is 0.333. The monoisotopic (exact) mass is 231 g/mol. The number of nitrogens with one attached hydrogen (secondary N) is 1. The molecule has 5 nitrogen and oxygen atoms in total. The summed E-state index contributed by atoms with van der Waals surface area (Å²) in [6, 6.07) is 8.70. The highest BCUT2D eigenvalue weighted by Crippen LogP contribution is 2.18. The first-order valence-corrected chi connectivity index (χ1v) is 5.28. The Bertz CT molecular complexity index is 458. The number of ether oxygens (including phenoxy) is 1. The van der Waals surface area contributed by atoms with Crippen LogP contribution in [0.3, 0.4) is 0 Å². The molecule has 0 radical (unpaired) electrons. The van der Waals surface area contributed by atoms with Crippen molar-refractivity contribution >= 4 is 11.6 Å². The molecule has 0 spiro atoms. The molecular formula is C12H13N3O2. The van der Waals surface area contributed by atoms with Gasteiger partial charge in [-0.2, -0.15) is 5.26 Å². The molecule has 1 saturated heterocycles. The Morgan fingerprint density at radius 3 is 2.59 bits per heavy atom. The summed E-state index contributed by atoms with van der Waals surface area (Å²) in [5, 5.41) is 11.4. The van der Waals surface area contributed by atoms with Crippen molar-refractivity contribution in [3.05, 3.63) is 29.8 Å². The number of rotatable bonds is 3. The number of carbonyl (C=O) groups excluding carboxylic acids is 1. The van der Waals surface area contributed by atoms with Gasteiger partial charge >= 0.3 is 0 Å². The number of nitriles is 1. The van der Waals surface area contributed by atoms with Gasteiger partial charge < -0.3 is 15.8 Å². The maximum Gasteiger partial charge on any atom is 0.226 e. The Labute approximate surface area is 99.2 Å². The standard InChI is InChI=1S/C12H13N3O2/c13-6-9-1-3-10(4-2-9)15-11(16)5-12(14)7-17-8-12/h1-4H,5,7-8,14H2,(H,15,16). The van der Waals surface area contributed by atoms with Gasteiger partial charge in [-0.05, 0) is 24.3 Å². The number of anilines is 1. The Morgan fingerprint density at radius 2 is 2.12 bits per heavy atom. The smallest absolute Gasteiger partial charge is 0.226 e. The van der Waals surface area contributed by atoms with Gasteiger partial charge in [-0.25, -0.2) is 0 Å². The fourth-order valence-electron chi connectivity index (χ4n) is 1.62. The van der Waals surface area contributed by atoms with Crippen molar-refractivity contribution in [3.63, 3.8) is 0 Å². The molecule has 0 aromatic heterocycles. The summed E-state index contributed by atoms with van der Waals surface area (Å²) >= 11 is 0. The second-order valence-electron chi connectivity index (χ2n) is 4.27. The number of nitrogens with two attached hydrogens (primary N) is 1. The third-order valence-electron chi connectivity index (χ3n) is 2.59. The van der Waals surface area contributed by atoms with Crippen LogP contribution in [0.5, 0.6) is 0 Å². The molecule has 17 heavy (non-hydrogen) atoms. The van der Waals surface area contributed by atoms with Crippen molar-refractivity contribution in [3.8, 4) is 6.07 Å². The predicted octanol–water partition coefficient (Wildman–Crippen LogP) is 0.615. The van der Waals surface area contributed by atoms with Crippen LogP contribution in [0.4, 0.5) is 5.69 Å². The van der Waals surface area contributed by atoms with E-state index in [1.54, 1.807) is 24.3 Å². The Balaban J connectivity index is 1.91. The highest BCUT2D eigenvalue weighted by Gasteiger charge is 2.36. The molecule has 1 fully saturated rings. The molecule has 5 heteroatoms. The maximum atomic E-state index is 11.7. The molecule has 0 aliphatic carbocycles. The highest BCUT2D eigenvalue weighted by atomic mass is 16.5. The van der Waals surface area contributed by atoms with Crippen molar-refractivity contribution in [1.82, 2.24) is 0 Å². The maximum absolute atomic E-state index is 11.7. The summed E-state index contributed by atoms with van der Waals surface area (Å²) in [6.45, 7) is 0.849. The molecule has 0 saturated carbocycles. The Kier molecular flexibility index (Phi) is 3.09. The van der Waals surface area contributed by atoms with Gasteiger partial charge in [0.15, 0.2) is 0 Å². The van der Waals surface area contributed by atoms with E-state index in [2.05, 4.69) is 5.32 Å². The van der Waals surface area contributed by atoms with Crippen LogP contribution >= 0.6 is 0 Å². The molecule has 88 valence electrons. The summed E-state index contributed by atoms with van der Waals surface area (Å²) in [6.07, 6.45) is 0.243. The first-order valence-electron chi connectivity index (χ1n) is 5.28. The molecule has 1 heterocycles. The molecule has 1 aliphatic heterocycles. The van der Waals surface area contributed by atoms with Gasteiger partial charge in [-0.15, -0.1) is 0 Å². The van der Waals surface area contributed by atoms with Crippen LogP contribution in [0, 0.1) is 11.3 Å². The zero-order chi connectivity index (χ0) is 12.3. The third-order valence-corrected chi connectivity index (χ3v) is 2.59. The zero-order valence-corrected chi connectivity index (χ0v) is 9.27. The first kappa shape index (κ1) is 11.6. The van der Waals surface area contributed by atoms with E-state index >= 15 is 0 Å². The number of hydrogen-bond acceptors (Lipinski definition) is 4. The predicted molar refractivity (Wildman–Crippen MR) is 62.1 cm³/mol. The van der Waals surface area contributed by atoms with Crippen molar-refractivity contribution < 1.29 is 9.53 Å². The van der Waals surface area contributed by atoms with Crippen LogP contribution < -0.4 is 11.1 Å². The third kappa shape index (κ3) is 2.81. The van der Waals surface area contributed by atoms with E-state index in [-0.39, 0.29) is 12.3 Å². The lowest BCUT2D eigenvalue weighted by Crippen LogP contribution is -2.58. The zero-order valence-electron chi connectivity index (χ0n) is 9.27. The van der Waals surface area contributed by atoms with Crippen LogP contribution in [0.25, 0.3) is 0 Å². The molecule has 1 aromatic carbocycles. The normalized spacial score (nSPS) is 16.7. The minimum absolute atomic E-state index is 0.138. The second-order valence-corrected chi connectivity index (χ2v) is 4.27. The Hall–Kier alpha value is -1.90. The van der Waals surface area contributed by atoms with Crippen molar-refractivity contribution in [1.29, 1.82) is 5.26 Å². The average molecular weight is 231 g/mol. The molecule has 1 aromatic rings.